The minimum atomic E-state index is -2.79. The topological polar surface area (TPSA) is 84.2 Å². The van der Waals surface area contributed by atoms with E-state index >= 15 is 0 Å². The van der Waals surface area contributed by atoms with E-state index in [1.807, 2.05) is 0 Å². The van der Waals surface area contributed by atoms with Crippen LogP contribution in [0.2, 0.25) is 0 Å². The molecule has 0 saturated heterocycles. The minimum Gasteiger partial charge on any atom is -0.479 e. The fourth-order valence-electron chi connectivity index (χ4n) is 2.45. The lowest BCUT2D eigenvalue weighted by molar-refractivity contribution is -0.141. The van der Waals surface area contributed by atoms with Crippen LogP contribution in [0, 0.1) is 13.8 Å². The summed E-state index contributed by atoms with van der Waals surface area (Å²) in [7, 11) is 0. The second-order valence-corrected chi connectivity index (χ2v) is 5.30. The molecule has 0 aliphatic rings. The van der Waals surface area contributed by atoms with Crippen LogP contribution in [0.1, 0.15) is 35.1 Å². The number of nitrogens with zero attached hydrogens (tertiary/aromatic N) is 2. The zero-order valence-corrected chi connectivity index (χ0v) is 13.2. The van der Waals surface area contributed by atoms with Gasteiger partial charge in [0.2, 0.25) is 5.91 Å². The SMILES string of the molecule is Cc1nn(C(F)F)c(C)c1CC(=O)NC(C(=O)O)c1ccccc1. The molecule has 0 saturated carbocycles. The number of carbonyl (C=O) groups excluding carboxylic acids is 1. The molecule has 0 fully saturated rings. The van der Waals surface area contributed by atoms with E-state index in [2.05, 4.69) is 10.4 Å². The average molecular weight is 337 g/mol. The molecule has 0 radical (unpaired) electrons. The molecule has 0 aliphatic heterocycles. The van der Waals surface area contributed by atoms with Gasteiger partial charge in [-0.25, -0.2) is 9.48 Å². The van der Waals surface area contributed by atoms with Gasteiger partial charge in [-0.05, 0) is 19.4 Å². The molecule has 2 rings (SSSR count). The standard InChI is InChI=1S/C16H17F2N3O3/c1-9-12(10(2)21(20-9)16(17)18)8-13(22)19-14(15(23)24)11-6-4-3-5-7-11/h3-7,14,16H,8H2,1-2H3,(H,19,22)(H,23,24). The first-order valence-corrected chi connectivity index (χ1v) is 7.21. The predicted molar refractivity (Wildman–Crippen MR) is 81.6 cm³/mol. The van der Waals surface area contributed by atoms with Gasteiger partial charge in [0.1, 0.15) is 0 Å². The van der Waals surface area contributed by atoms with Gasteiger partial charge in [0, 0.05) is 11.3 Å². The Kier molecular flexibility index (Phi) is 5.28. The van der Waals surface area contributed by atoms with Crippen LogP contribution in [0.5, 0.6) is 0 Å². The summed E-state index contributed by atoms with van der Waals surface area (Å²) in [4.78, 5) is 23.6. The number of nitrogens with one attached hydrogen (secondary N) is 1. The number of aliphatic carboxylic acids is 1. The number of amides is 1. The maximum absolute atomic E-state index is 12.8. The third kappa shape index (κ3) is 3.76. The van der Waals surface area contributed by atoms with Crippen molar-refractivity contribution in [1.82, 2.24) is 15.1 Å². The lowest BCUT2D eigenvalue weighted by Gasteiger charge is -2.15. The molecule has 0 spiro atoms. The predicted octanol–water partition coefficient (Wildman–Crippen LogP) is 2.38. The number of aryl methyl sites for hydroxylation is 1. The Morgan fingerprint density at radius 1 is 1.25 bits per heavy atom. The first-order chi connectivity index (χ1) is 11.3. The summed E-state index contributed by atoms with van der Waals surface area (Å²) in [6.45, 7) is 0.178. The van der Waals surface area contributed by atoms with E-state index in [0.29, 0.717) is 21.5 Å². The second-order valence-electron chi connectivity index (χ2n) is 5.30. The molecule has 128 valence electrons. The molecule has 2 N–H and O–H groups in total. The van der Waals surface area contributed by atoms with Gasteiger partial charge in [-0.1, -0.05) is 30.3 Å². The van der Waals surface area contributed by atoms with E-state index in [-0.39, 0.29) is 12.1 Å². The molecule has 1 amide bonds. The number of carboxylic acids is 1. The summed E-state index contributed by atoms with van der Waals surface area (Å²) in [6.07, 6.45) is -0.221. The zero-order valence-electron chi connectivity index (χ0n) is 13.2. The van der Waals surface area contributed by atoms with Gasteiger partial charge in [-0.15, -0.1) is 0 Å². The highest BCUT2D eigenvalue weighted by atomic mass is 19.3. The van der Waals surface area contributed by atoms with Crippen LogP contribution in [0.15, 0.2) is 30.3 Å². The van der Waals surface area contributed by atoms with E-state index in [1.165, 1.54) is 13.8 Å². The van der Waals surface area contributed by atoms with Crippen LogP contribution in [0.25, 0.3) is 0 Å². The summed E-state index contributed by atoms with van der Waals surface area (Å²) in [5.74, 6) is -1.78. The quantitative estimate of drug-likeness (QED) is 0.848. The van der Waals surface area contributed by atoms with Crippen molar-refractivity contribution in [2.75, 3.05) is 0 Å². The fourth-order valence-corrected chi connectivity index (χ4v) is 2.45. The Morgan fingerprint density at radius 2 is 1.88 bits per heavy atom. The summed E-state index contributed by atoms with van der Waals surface area (Å²) in [5, 5.41) is 15.4. The third-order valence-corrected chi connectivity index (χ3v) is 3.68. The van der Waals surface area contributed by atoms with Gasteiger partial charge in [0.25, 0.3) is 0 Å². The zero-order chi connectivity index (χ0) is 17.9. The largest absolute Gasteiger partial charge is 0.479 e. The monoisotopic (exact) mass is 337 g/mol. The van der Waals surface area contributed by atoms with Gasteiger partial charge in [-0.2, -0.15) is 13.9 Å². The molecule has 8 heteroatoms. The van der Waals surface area contributed by atoms with Gasteiger partial charge in [0.05, 0.1) is 12.1 Å². The maximum Gasteiger partial charge on any atom is 0.333 e. The van der Waals surface area contributed by atoms with E-state index < -0.39 is 24.5 Å². The van der Waals surface area contributed by atoms with Gasteiger partial charge < -0.3 is 10.4 Å². The van der Waals surface area contributed by atoms with Crippen LogP contribution in [0.3, 0.4) is 0 Å². The van der Waals surface area contributed by atoms with Crippen molar-refractivity contribution in [3.63, 3.8) is 0 Å². The first kappa shape index (κ1) is 17.6. The van der Waals surface area contributed by atoms with Crippen molar-refractivity contribution in [3.05, 3.63) is 52.8 Å². The maximum atomic E-state index is 12.8. The number of hydrogen-bond donors (Lipinski definition) is 2. The van der Waals surface area contributed by atoms with E-state index in [0.717, 1.165) is 0 Å². The summed E-state index contributed by atoms with van der Waals surface area (Å²) < 4.78 is 26.2. The highest BCUT2D eigenvalue weighted by molar-refractivity contribution is 5.86. The first-order valence-electron chi connectivity index (χ1n) is 7.21. The highest BCUT2D eigenvalue weighted by Gasteiger charge is 2.24. The van der Waals surface area contributed by atoms with E-state index in [4.69, 9.17) is 0 Å². The molecule has 1 atom stereocenters. The normalized spacial score (nSPS) is 12.2. The van der Waals surface area contributed by atoms with Crippen LogP contribution >= 0.6 is 0 Å². The molecule has 24 heavy (non-hydrogen) atoms. The second kappa shape index (κ2) is 7.20. The molecule has 1 aromatic heterocycles. The number of benzene rings is 1. The number of hydrogen-bond acceptors (Lipinski definition) is 3. The smallest absolute Gasteiger partial charge is 0.333 e. The summed E-state index contributed by atoms with van der Waals surface area (Å²) >= 11 is 0. The molecule has 1 unspecified atom stereocenters. The van der Waals surface area contributed by atoms with Crippen molar-refractivity contribution in [2.24, 2.45) is 0 Å². The van der Waals surface area contributed by atoms with Gasteiger partial charge >= 0.3 is 12.5 Å². The Bertz CT molecular complexity index is 745. The highest BCUT2D eigenvalue weighted by Crippen LogP contribution is 2.20. The number of halogens is 2. The molecule has 1 heterocycles. The fraction of sp³-hybridized carbons (Fsp3) is 0.312. The van der Waals surface area contributed by atoms with E-state index in [9.17, 15) is 23.5 Å². The van der Waals surface area contributed by atoms with Crippen LogP contribution in [-0.2, 0) is 16.0 Å². The molecule has 2 aromatic rings. The lowest BCUT2D eigenvalue weighted by atomic mass is 10.1. The summed E-state index contributed by atoms with van der Waals surface area (Å²) in [5.41, 5.74) is 1.29. The van der Waals surface area contributed by atoms with Crippen LogP contribution in [0.4, 0.5) is 8.78 Å². The minimum absolute atomic E-state index is 0.184. The number of alkyl halides is 2. The molecule has 1 aromatic carbocycles. The van der Waals surface area contributed by atoms with Gasteiger partial charge in [0.15, 0.2) is 6.04 Å². The average Bonchev–Trinajstić information content (AvgIpc) is 2.81. The van der Waals surface area contributed by atoms with Crippen molar-refractivity contribution >= 4 is 11.9 Å². The van der Waals surface area contributed by atoms with E-state index in [1.54, 1.807) is 30.3 Å². The molecular weight excluding hydrogens is 320 g/mol. The van der Waals surface area contributed by atoms with Gasteiger partial charge in [-0.3, -0.25) is 4.79 Å². The number of carbonyl (C=O) groups is 2. The van der Waals surface area contributed by atoms with Crippen molar-refractivity contribution < 1.29 is 23.5 Å². The van der Waals surface area contributed by atoms with Crippen LogP contribution in [-0.4, -0.2) is 26.8 Å². The Labute approximate surface area is 137 Å². The third-order valence-electron chi connectivity index (χ3n) is 3.68. The Balaban J connectivity index is 2.17. The molecule has 6 nitrogen and oxygen atoms in total. The number of aromatic nitrogens is 2. The number of rotatable bonds is 6. The Morgan fingerprint density at radius 3 is 2.38 bits per heavy atom. The lowest BCUT2D eigenvalue weighted by Crippen LogP contribution is -2.34. The van der Waals surface area contributed by atoms with Crippen LogP contribution < -0.4 is 5.32 Å². The van der Waals surface area contributed by atoms with Crippen molar-refractivity contribution in [2.45, 2.75) is 32.9 Å². The molecule has 0 bridgehead atoms. The molecule has 0 aliphatic carbocycles. The number of carboxylic acid groups (broad SMARTS) is 1. The summed E-state index contributed by atoms with van der Waals surface area (Å²) in [6, 6.07) is 7.03. The van der Waals surface area contributed by atoms with Crippen molar-refractivity contribution in [1.29, 1.82) is 0 Å². The van der Waals surface area contributed by atoms with Crippen molar-refractivity contribution in [3.8, 4) is 0 Å². The Hall–Kier alpha value is -2.77. The molecular formula is C16H17F2N3O3.